The smallest absolute Gasteiger partial charge is 0.307 e. The Bertz CT molecular complexity index is 583. The van der Waals surface area contributed by atoms with E-state index < -0.39 is 10.7 Å². The van der Waals surface area contributed by atoms with E-state index >= 15 is 0 Å². The highest BCUT2D eigenvalue weighted by Crippen LogP contribution is 2.18. The van der Waals surface area contributed by atoms with Gasteiger partial charge in [0, 0.05) is 0 Å². The Kier molecular flexibility index (Phi) is 3.22. The van der Waals surface area contributed by atoms with Crippen LogP contribution < -0.4 is 4.74 Å². The van der Waals surface area contributed by atoms with Crippen molar-refractivity contribution in [3.8, 4) is 5.75 Å². The molecule has 0 N–H and O–H groups in total. The van der Waals surface area contributed by atoms with Crippen molar-refractivity contribution >= 4 is 5.69 Å². The van der Waals surface area contributed by atoms with Crippen LogP contribution in [-0.4, -0.2) is 21.8 Å². The Hall–Kier alpha value is -2.44. The third kappa shape index (κ3) is 2.45. The number of nitro groups is 1. The maximum Gasteiger partial charge on any atom is 0.307 e. The number of methoxy groups -OCH3 is 1. The highest BCUT2D eigenvalue weighted by atomic mass is 19.1. The monoisotopic (exact) mass is 251 g/mol. The molecule has 0 saturated heterocycles. The van der Waals surface area contributed by atoms with Gasteiger partial charge in [0.25, 0.3) is 0 Å². The number of hydrogen-bond acceptors (Lipinski definition) is 4. The molecule has 1 aromatic heterocycles. The van der Waals surface area contributed by atoms with Crippen LogP contribution in [0, 0.1) is 15.9 Å². The summed E-state index contributed by atoms with van der Waals surface area (Å²) in [5, 5.41) is 14.3. The zero-order valence-electron chi connectivity index (χ0n) is 9.54. The number of hydrogen-bond donors (Lipinski definition) is 0. The lowest BCUT2D eigenvalue weighted by atomic mass is 10.2. The minimum Gasteiger partial charge on any atom is -0.494 e. The second kappa shape index (κ2) is 4.82. The predicted octanol–water partition coefficient (Wildman–Crippen LogP) is 1.99. The SMILES string of the molecule is COc1ccc(Cn2cc([N+](=O)[O-])cn2)cc1F. The standard InChI is InChI=1S/C11H10FN3O3/c1-18-11-3-2-8(4-10(11)12)6-14-7-9(5-13-14)15(16)17/h2-5,7H,6H2,1H3. The molecule has 7 heteroatoms. The molecular formula is C11H10FN3O3. The van der Waals surface area contributed by atoms with Crippen LogP contribution >= 0.6 is 0 Å². The molecule has 0 aliphatic rings. The second-order valence-corrected chi connectivity index (χ2v) is 3.62. The van der Waals surface area contributed by atoms with Crippen LogP contribution in [0.3, 0.4) is 0 Å². The van der Waals surface area contributed by atoms with Crippen LogP contribution in [-0.2, 0) is 6.54 Å². The van der Waals surface area contributed by atoms with E-state index in [1.165, 1.54) is 30.1 Å². The fourth-order valence-electron chi connectivity index (χ4n) is 1.53. The molecular weight excluding hydrogens is 241 g/mol. The van der Waals surface area contributed by atoms with E-state index in [9.17, 15) is 14.5 Å². The number of benzene rings is 1. The summed E-state index contributed by atoms with van der Waals surface area (Å²) in [5.74, 6) is -0.318. The van der Waals surface area contributed by atoms with Crippen LogP contribution in [0.2, 0.25) is 0 Å². The van der Waals surface area contributed by atoms with Gasteiger partial charge < -0.3 is 4.74 Å². The highest BCUT2D eigenvalue weighted by molar-refractivity contribution is 5.30. The zero-order valence-corrected chi connectivity index (χ0v) is 9.54. The van der Waals surface area contributed by atoms with Gasteiger partial charge in [-0.1, -0.05) is 6.07 Å². The van der Waals surface area contributed by atoms with E-state index in [1.807, 2.05) is 0 Å². The van der Waals surface area contributed by atoms with Gasteiger partial charge >= 0.3 is 5.69 Å². The molecule has 1 aromatic carbocycles. The van der Waals surface area contributed by atoms with Gasteiger partial charge in [0.05, 0.1) is 18.6 Å². The molecule has 2 rings (SSSR count). The van der Waals surface area contributed by atoms with Gasteiger partial charge in [-0.25, -0.2) is 4.39 Å². The quantitative estimate of drug-likeness (QED) is 0.615. The molecule has 0 radical (unpaired) electrons. The average Bonchev–Trinajstić information content (AvgIpc) is 2.78. The van der Waals surface area contributed by atoms with E-state index in [1.54, 1.807) is 6.07 Å². The van der Waals surface area contributed by atoms with Gasteiger partial charge in [0.2, 0.25) is 0 Å². The number of aromatic nitrogens is 2. The van der Waals surface area contributed by atoms with Crippen molar-refractivity contribution in [1.82, 2.24) is 9.78 Å². The molecule has 0 saturated carbocycles. The predicted molar refractivity (Wildman–Crippen MR) is 60.9 cm³/mol. The van der Waals surface area contributed by atoms with E-state index in [4.69, 9.17) is 4.74 Å². The van der Waals surface area contributed by atoms with Crippen LogP contribution in [0.5, 0.6) is 5.75 Å². The molecule has 0 unspecified atom stereocenters. The molecule has 18 heavy (non-hydrogen) atoms. The lowest BCUT2D eigenvalue weighted by molar-refractivity contribution is -0.385. The van der Waals surface area contributed by atoms with E-state index in [2.05, 4.69) is 5.10 Å². The summed E-state index contributed by atoms with van der Waals surface area (Å²) >= 11 is 0. The van der Waals surface area contributed by atoms with Gasteiger partial charge in [-0.2, -0.15) is 5.10 Å². The number of ether oxygens (including phenoxy) is 1. The third-order valence-electron chi connectivity index (χ3n) is 2.39. The summed E-state index contributed by atoms with van der Waals surface area (Å²) in [7, 11) is 1.38. The van der Waals surface area contributed by atoms with Crippen molar-refractivity contribution in [3.05, 3.63) is 52.1 Å². The molecule has 0 fully saturated rings. The molecule has 0 aliphatic heterocycles. The Morgan fingerprint density at radius 1 is 1.56 bits per heavy atom. The van der Waals surface area contributed by atoms with Gasteiger partial charge in [-0.05, 0) is 17.7 Å². The number of nitrogens with zero attached hydrogens (tertiary/aromatic N) is 3. The molecule has 1 heterocycles. The summed E-state index contributed by atoms with van der Waals surface area (Å²) in [6, 6.07) is 4.49. The maximum atomic E-state index is 13.4. The van der Waals surface area contributed by atoms with Crippen LogP contribution in [0.4, 0.5) is 10.1 Å². The van der Waals surface area contributed by atoms with Crippen LogP contribution in [0.1, 0.15) is 5.56 Å². The first-order chi connectivity index (χ1) is 8.60. The topological polar surface area (TPSA) is 70.2 Å². The summed E-state index contributed by atoms with van der Waals surface area (Å²) in [4.78, 5) is 9.95. The van der Waals surface area contributed by atoms with Crippen molar-refractivity contribution in [2.24, 2.45) is 0 Å². The van der Waals surface area contributed by atoms with Crippen LogP contribution in [0.15, 0.2) is 30.6 Å². The summed E-state index contributed by atoms with van der Waals surface area (Å²) in [6.07, 6.45) is 2.45. The van der Waals surface area contributed by atoms with Crippen LogP contribution in [0.25, 0.3) is 0 Å². The number of halogens is 1. The first kappa shape index (κ1) is 12.0. The van der Waals surface area contributed by atoms with Gasteiger partial charge in [-0.15, -0.1) is 0 Å². The second-order valence-electron chi connectivity index (χ2n) is 3.62. The molecule has 0 bridgehead atoms. The summed E-state index contributed by atoms with van der Waals surface area (Å²) in [6.45, 7) is 0.259. The van der Waals surface area contributed by atoms with Gasteiger partial charge in [0.15, 0.2) is 11.6 Å². The third-order valence-corrected chi connectivity index (χ3v) is 2.39. The van der Waals surface area contributed by atoms with Crippen molar-refractivity contribution in [2.75, 3.05) is 7.11 Å². The zero-order chi connectivity index (χ0) is 13.1. The Morgan fingerprint density at radius 3 is 2.89 bits per heavy atom. The lowest BCUT2D eigenvalue weighted by Gasteiger charge is -2.05. The average molecular weight is 251 g/mol. The van der Waals surface area contributed by atoms with Crippen molar-refractivity contribution in [1.29, 1.82) is 0 Å². The minimum absolute atomic E-state index is 0.0935. The Balaban J connectivity index is 2.18. The Morgan fingerprint density at radius 2 is 2.33 bits per heavy atom. The first-order valence-corrected chi connectivity index (χ1v) is 5.09. The molecule has 2 aromatic rings. The first-order valence-electron chi connectivity index (χ1n) is 5.09. The molecule has 0 atom stereocenters. The normalized spacial score (nSPS) is 10.3. The van der Waals surface area contributed by atoms with Crippen molar-refractivity contribution < 1.29 is 14.1 Å². The van der Waals surface area contributed by atoms with E-state index in [0.717, 1.165) is 6.20 Å². The highest BCUT2D eigenvalue weighted by Gasteiger charge is 2.10. The fraction of sp³-hybridized carbons (Fsp3) is 0.182. The maximum absolute atomic E-state index is 13.4. The Labute approximate surface area is 102 Å². The van der Waals surface area contributed by atoms with E-state index in [-0.39, 0.29) is 18.0 Å². The summed E-state index contributed by atoms with van der Waals surface area (Å²) in [5.41, 5.74) is 0.551. The van der Waals surface area contributed by atoms with Gasteiger partial charge in [0.1, 0.15) is 12.4 Å². The largest absolute Gasteiger partial charge is 0.494 e. The van der Waals surface area contributed by atoms with Crippen molar-refractivity contribution in [3.63, 3.8) is 0 Å². The summed E-state index contributed by atoms with van der Waals surface area (Å²) < 4.78 is 19.6. The molecule has 0 aliphatic carbocycles. The molecule has 6 nitrogen and oxygen atoms in total. The minimum atomic E-state index is -0.530. The van der Waals surface area contributed by atoms with Crippen molar-refractivity contribution in [2.45, 2.75) is 6.54 Å². The lowest BCUT2D eigenvalue weighted by Crippen LogP contribution is -2.01. The van der Waals surface area contributed by atoms with E-state index in [0.29, 0.717) is 5.56 Å². The molecule has 0 spiro atoms. The number of rotatable bonds is 4. The van der Waals surface area contributed by atoms with Gasteiger partial charge in [-0.3, -0.25) is 14.8 Å². The fourth-order valence-corrected chi connectivity index (χ4v) is 1.53. The molecule has 0 amide bonds. The molecule has 94 valence electrons.